The van der Waals surface area contributed by atoms with Gasteiger partial charge in [-0.15, -0.1) is 0 Å². The predicted octanol–water partition coefficient (Wildman–Crippen LogP) is 7.42. The molecule has 1 amide bonds. The molecule has 324 valence electrons. The molecule has 1 saturated heterocycles. The van der Waals surface area contributed by atoms with Crippen LogP contribution in [0.1, 0.15) is 102 Å². The molecule has 60 heavy (non-hydrogen) atoms. The Hall–Kier alpha value is -4.78. The molecule has 7 rings (SSSR count). The number of ether oxygens (including phenoxy) is 7. The number of nitrogens with zero attached hydrogens (tertiary/aromatic N) is 2. The fourth-order valence-corrected chi connectivity index (χ4v) is 10.3. The quantitative estimate of drug-likeness (QED) is 0.154. The number of carbonyl (C=O) groups is 2. The molecule has 0 aliphatic carbocycles. The van der Waals surface area contributed by atoms with Gasteiger partial charge in [0, 0.05) is 50.7 Å². The summed E-state index contributed by atoms with van der Waals surface area (Å²) in [6, 6.07) is 15.7. The second-order valence-electron chi connectivity index (χ2n) is 16.4. The topological polar surface area (TPSA) is 125 Å². The Balaban J connectivity index is 1.27. The van der Waals surface area contributed by atoms with Crippen LogP contribution >= 0.6 is 0 Å². The van der Waals surface area contributed by atoms with Crippen LogP contribution in [0, 0.1) is 17.8 Å². The van der Waals surface area contributed by atoms with E-state index in [-0.39, 0.29) is 42.2 Å². The van der Waals surface area contributed by atoms with Gasteiger partial charge in [0.25, 0.3) is 5.91 Å². The van der Waals surface area contributed by atoms with Crippen LogP contribution in [0.3, 0.4) is 0 Å². The number of allylic oxidation sites excluding steroid dienone is 1. The first-order chi connectivity index (χ1) is 29.2. The molecule has 4 aliphatic heterocycles. The van der Waals surface area contributed by atoms with Gasteiger partial charge in [0.2, 0.25) is 6.29 Å². The van der Waals surface area contributed by atoms with E-state index >= 15 is 4.79 Å². The highest BCUT2D eigenvalue weighted by molar-refractivity contribution is 5.92. The molecular weight excluding hydrogens is 765 g/mol. The number of amides is 1. The zero-order valence-corrected chi connectivity index (χ0v) is 36.2. The molecule has 0 aromatic heterocycles. The van der Waals surface area contributed by atoms with E-state index in [0.717, 1.165) is 67.0 Å². The summed E-state index contributed by atoms with van der Waals surface area (Å²) in [4.78, 5) is 32.3. The van der Waals surface area contributed by atoms with Crippen molar-refractivity contribution in [2.24, 2.45) is 17.8 Å². The average molecular weight is 827 g/mol. The second-order valence-corrected chi connectivity index (χ2v) is 16.4. The van der Waals surface area contributed by atoms with Crippen molar-refractivity contribution < 1.29 is 47.9 Å². The van der Waals surface area contributed by atoms with E-state index in [4.69, 9.17) is 33.2 Å². The highest BCUT2D eigenvalue weighted by Crippen LogP contribution is 2.50. The summed E-state index contributed by atoms with van der Waals surface area (Å²) in [5.74, 6) is 2.72. The highest BCUT2D eigenvalue weighted by atomic mass is 16.7. The van der Waals surface area contributed by atoms with E-state index in [0.29, 0.717) is 61.3 Å². The Labute approximate surface area is 354 Å². The van der Waals surface area contributed by atoms with Crippen molar-refractivity contribution in [2.45, 2.75) is 83.1 Å². The molecule has 3 aromatic carbocycles. The van der Waals surface area contributed by atoms with Gasteiger partial charge in [-0.05, 0) is 128 Å². The number of aliphatic hydroxyl groups is 1. The molecule has 4 heterocycles. The lowest BCUT2D eigenvalue weighted by atomic mass is 9.72. The number of aliphatic hydroxyl groups excluding tert-OH is 1. The van der Waals surface area contributed by atoms with E-state index < -0.39 is 12.3 Å². The predicted molar refractivity (Wildman–Crippen MR) is 227 cm³/mol. The van der Waals surface area contributed by atoms with Gasteiger partial charge in [-0.25, -0.2) is 4.79 Å². The molecule has 1 N–H and O–H groups in total. The number of rotatable bonds is 15. The maximum Gasteiger partial charge on any atom is 0.337 e. The van der Waals surface area contributed by atoms with E-state index in [1.165, 1.54) is 18.2 Å². The fraction of sp³-hybridized carbons (Fsp3) is 0.542. The van der Waals surface area contributed by atoms with E-state index in [2.05, 4.69) is 36.1 Å². The van der Waals surface area contributed by atoms with Crippen LogP contribution in [0.4, 0.5) is 0 Å². The number of fused-ring (bicyclic) bond motifs is 4. The first kappa shape index (κ1) is 43.3. The number of benzene rings is 3. The van der Waals surface area contributed by atoms with Crippen LogP contribution in [0.2, 0.25) is 0 Å². The summed E-state index contributed by atoms with van der Waals surface area (Å²) in [6.45, 7) is 7.08. The standard InChI is InChI=1S/C48H62N2O10/c1-8-29-28-49-18-16-32-23-41(54-3)43(56-5)26-37(32)39(49)21-34(29)22-40-38-27-44(57-6)42(55-4)24-33(38)17-19-50(40)46(52)45-25-36(30-12-14-31(15-13-30)47(53)58-7)35(11-10-20-51)48(60-45)59-9-2/h12-15,23-27,29,34-36,39-40,48,51H,8-11,16-22,28H2,1-7H3/t29-,34+,35+,36+,39-,40+,48+/m0/s1. The van der Waals surface area contributed by atoms with Crippen LogP contribution in [0.25, 0.3) is 0 Å². The summed E-state index contributed by atoms with van der Waals surface area (Å²) in [5.41, 5.74) is 6.16. The SMILES string of the molecule is CCO[C@@H]1OC(C(=O)N2CCc3cc(OC)c(OC)cc3[C@H]2C[C@H]2C[C@H]3c4cc(OC)c(OC)cc4CCN3C[C@@H]2CC)=C[C@H](c2ccc(C(=O)OC)cc2)[C@H]1CCCO. The molecule has 7 atom stereocenters. The van der Waals surface area contributed by atoms with Gasteiger partial charge >= 0.3 is 5.97 Å². The lowest BCUT2D eigenvalue weighted by molar-refractivity contribution is -0.171. The van der Waals surface area contributed by atoms with Gasteiger partial charge in [-0.2, -0.15) is 0 Å². The zero-order valence-electron chi connectivity index (χ0n) is 36.2. The number of esters is 1. The fourth-order valence-electron chi connectivity index (χ4n) is 10.3. The van der Waals surface area contributed by atoms with Crippen molar-refractivity contribution in [3.8, 4) is 23.0 Å². The number of piperidine rings is 1. The lowest BCUT2D eigenvalue weighted by Gasteiger charge is -2.49. The maximum atomic E-state index is 15.3. The largest absolute Gasteiger partial charge is 0.493 e. The smallest absolute Gasteiger partial charge is 0.337 e. The van der Waals surface area contributed by atoms with Gasteiger partial charge in [0.05, 0.1) is 47.2 Å². The third kappa shape index (κ3) is 8.56. The van der Waals surface area contributed by atoms with Crippen LogP contribution in [-0.4, -0.2) is 101 Å². The van der Waals surface area contributed by atoms with Gasteiger partial charge in [0.15, 0.2) is 28.8 Å². The normalized spacial score (nSPS) is 24.8. The van der Waals surface area contributed by atoms with E-state index in [1.807, 2.05) is 30.0 Å². The first-order valence-electron chi connectivity index (χ1n) is 21.5. The molecular formula is C48H62N2O10. The third-order valence-electron chi connectivity index (χ3n) is 13.4. The molecule has 0 radical (unpaired) electrons. The molecule has 0 spiro atoms. The number of carbonyl (C=O) groups excluding carboxylic acids is 2. The van der Waals surface area contributed by atoms with Crippen molar-refractivity contribution >= 4 is 11.9 Å². The molecule has 1 fully saturated rings. The van der Waals surface area contributed by atoms with E-state index in [1.54, 1.807) is 40.6 Å². The maximum absolute atomic E-state index is 15.3. The lowest BCUT2D eigenvalue weighted by Crippen LogP contribution is -2.48. The van der Waals surface area contributed by atoms with Crippen LogP contribution in [0.5, 0.6) is 23.0 Å². The second kappa shape index (κ2) is 19.3. The van der Waals surface area contributed by atoms with Gasteiger partial charge < -0.3 is 43.2 Å². The molecule has 12 nitrogen and oxygen atoms in total. The Morgan fingerprint density at radius 1 is 0.817 bits per heavy atom. The minimum absolute atomic E-state index is 0.0216. The van der Waals surface area contributed by atoms with Crippen molar-refractivity contribution in [1.29, 1.82) is 0 Å². The van der Waals surface area contributed by atoms with Crippen molar-refractivity contribution in [3.63, 3.8) is 0 Å². The van der Waals surface area contributed by atoms with Crippen molar-refractivity contribution in [1.82, 2.24) is 9.80 Å². The van der Waals surface area contributed by atoms with Gasteiger partial charge in [-0.1, -0.05) is 25.5 Å². The minimum atomic E-state index is -0.716. The van der Waals surface area contributed by atoms with Crippen molar-refractivity contribution in [2.75, 3.05) is 68.4 Å². The highest BCUT2D eigenvalue weighted by Gasteiger charge is 2.45. The Morgan fingerprint density at radius 3 is 2.07 bits per heavy atom. The summed E-state index contributed by atoms with van der Waals surface area (Å²) in [6.07, 6.45) is 6.72. The average Bonchev–Trinajstić information content (AvgIpc) is 3.29. The number of hydrogen-bond acceptors (Lipinski definition) is 11. The van der Waals surface area contributed by atoms with Crippen molar-refractivity contribution in [3.05, 3.63) is 93.7 Å². The molecule has 0 unspecified atom stereocenters. The van der Waals surface area contributed by atoms with Crippen LogP contribution in [0.15, 0.2) is 60.4 Å². The Morgan fingerprint density at radius 2 is 1.45 bits per heavy atom. The molecule has 12 heteroatoms. The summed E-state index contributed by atoms with van der Waals surface area (Å²) in [5, 5.41) is 9.87. The minimum Gasteiger partial charge on any atom is -0.493 e. The Bertz CT molecular complexity index is 2020. The molecule has 3 aromatic rings. The molecule has 4 aliphatic rings. The molecule has 0 saturated carbocycles. The Kier molecular flexibility index (Phi) is 13.9. The van der Waals surface area contributed by atoms with Gasteiger partial charge in [-0.3, -0.25) is 9.69 Å². The first-order valence-corrected chi connectivity index (χ1v) is 21.5. The summed E-state index contributed by atoms with van der Waals surface area (Å²) in [7, 11) is 8.05. The summed E-state index contributed by atoms with van der Waals surface area (Å²) < 4.78 is 40.9. The summed E-state index contributed by atoms with van der Waals surface area (Å²) >= 11 is 0. The third-order valence-corrected chi connectivity index (χ3v) is 13.4. The van der Waals surface area contributed by atoms with Crippen LogP contribution < -0.4 is 18.9 Å². The number of hydrogen-bond donors (Lipinski definition) is 1. The van der Waals surface area contributed by atoms with Gasteiger partial charge in [0.1, 0.15) is 0 Å². The van der Waals surface area contributed by atoms with Crippen LogP contribution in [-0.2, 0) is 31.8 Å². The number of methoxy groups -OCH3 is 5. The molecule has 0 bridgehead atoms. The van der Waals surface area contributed by atoms with E-state index in [9.17, 15) is 9.90 Å². The monoisotopic (exact) mass is 826 g/mol. The zero-order chi connectivity index (χ0) is 42.5.